The molecule has 2 N–H and O–H groups in total. The molecule has 0 bridgehead atoms. The van der Waals surface area contributed by atoms with Gasteiger partial charge in [0.15, 0.2) is 11.6 Å². The molecule has 0 aliphatic heterocycles. The van der Waals surface area contributed by atoms with Crippen LogP contribution in [0.2, 0.25) is 0 Å². The van der Waals surface area contributed by atoms with Crippen molar-refractivity contribution < 1.29 is 31.8 Å². The second-order valence-corrected chi connectivity index (χ2v) is 8.64. The van der Waals surface area contributed by atoms with E-state index in [2.05, 4.69) is 15.4 Å². The molecule has 1 aromatic rings. The summed E-state index contributed by atoms with van der Waals surface area (Å²) in [4.78, 5) is 12.0. The predicted molar refractivity (Wildman–Crippen MR) is 95.4 cm³/mol. The van der Waals surface area contributed by atoms with E-state index in [1.807, 2.05) is 0 Å². The molecule has 1 fully saturated rings. The van der Waals surface area contributed by atoms with E-state index in [1.165, 1.54) is 6.07 Å². The van der Waals surface area contributed by atoms with Gasteiger partial charge in [-0.25, -0.2) is 9.18 Å². The minimum absolute atomic E-state index is 0.332. The van der Waals surface area contributed by atoms with Gasteiger partial charge in [0.1, 0.15) is 5.60 Å². The van der Waals surface area contributed by atoms with Crippen molar-refractivity contribution in [2.24, 2.45) is 0 Å². The number of hydrogen-bond acceptors (Lipinski definition) is 4. The van der Waals surface area contributed by atoms with Crippen molar-refractivity contribution in [1.29, 1.82) is 0 Å². The highest BCUT2D eigenvalue weighted by Crippen LogP contribution is 2.47. The van der Waals surface area contributed by atoms with Crippen LogP contribution in [0.4, 0.5) is 22.4 Å². The number of ether oxygens (including phenoxy) is 2. The zero-order valence-corrected chi connectivity index (χ0v) is 16.6. The lowest BCUT2D eigenvalue weighted by Crippen LogP contribution is -2.53. The first kappa shape index (κ1) is 22.3. The van der Waals surface area contributed by atoms with Crippen molar-refractivity contribution in [2.45, 2.75) is 70.5 Å². The number of carbonyl (C=O) groups excluding carboxylic acids is 1. The number of alkyl halides is 3. The van der Waals surface area contributed by atoms with Crippen LogP contribution in [0.3, 0.4) is 0 Å². The van der Waals surface area contributed by atoms with Gasteiger partial charge >= 0.3 is 12.5 Å². The van der Waals surface area contributed by atoms with Crippen LogP contribution in [0.25, 0.3) is 0 Å². The Bertz CT molecular complexity index is 723. The minimum atomic E-state index is -4.97. The zero-order chi connectivity index (χ0) is 21.4. The molecule has 0 atom stereocenters. The molecular formula is C19H26F4N2O3. The molecule has 0 radical (unpaired) electrons. The highest BCUT2D eigenvalue weighted by Gasteiger charge is 2.45. The van der Waals surface area contributed by atoms with E-state index in [-0.39, 0.29) is 0 Å². The Kier molecular flexibility index (Phi) is 5.90. The van der Waals surface area contributed by atoms with E-state index < -0.39 is 40.7 Å². The standard InChI is InChI=1S/C19H26F4N2O3/c1-16(2,3)28-15(26)25-17(4,5)11-24-18(8-9-18)12-6-7-13(20)14(10-12)27-19(21,22)23/h6-7,10,24H,8-9,11H2,1-5H3,(H,25,26). The van der Waals surface area contributed by atoms with Crippen molar-refractivity contribution in [3.63, 3.8) is 0 Å². The number of nitrogens with one attached hydrogen (secondary N) is 2. The van der Waals surface area contributed by atoms with Gasteiger partial charge in [0.05, 0.1) is 5.54 Å². The maximum Gasteiger partial charge on any atom is 0.573 e. The third-order valence-electron chi connectivity index (χ3n) is 4.17. The lowest BCUT2D eigenvalue weighted by molar-refractivity contribution is -0.275. The van der Waals surface area contributed by atoms with E-state index in [4.69, 9.17) is 4.74 Å². The average Bonchev–Trinajstić information content (AvgIpc) is 3.25. The first-order chi connectivity index (χ1) is 12.6. The molecule has 1 aromatic carbocycles. The molecule has 0 spiro atoms. The molecule has 0 saturated heterocycles. The number of alkyl carbamates (subject to hydrolysis) is 1. The second-order valence-electron chi connectivity index (χ2n) is 8.64. The number of rotatable bonds is 6. The van der Waals surface area contributed by atoms with Gasteiger partial charge in [0.25, 0.3) is 0 Å². The molecular weight excluding hydrogens is 380 g/mol. The fraction of sp³-hybridized carbons (Fsp3) is 0.632. The lowest BCUT2D eigenvalue weighted by Gasteiger charge is -2.31. The first-order valence-corrected chi connectivity index (χ1v) is 8.93. The summed E-state index contributed by atoms with van der Waals surface area (Å²) in [5, 5.41) is 6.03. The van der Waals surface area contributed by atoms with Crippen molar-refractivity contribution in [1.82, 2.24) is 10.6 Å². The molecule has 2 rings (SSSR count). The Morgan fingerprint density at radius 3 is 2.25 bits per heavy atom. The van der Waals surface area contributed by atoms with Gasteiger partial charge in [-0.15, -0.1) is 13.2 Å². The van der Waals surface area contributed by atoms with Crippen LogP contribution in [0, 0.1) is 5.82 Å². The fourth-order valence-electron chi connectivity index (χ4n) is 2.71. The molecule has 158 valence electrons. The molecule has 1 aliphatic rings. The monoisotopic (exact) mass is 406 g/mol. The van der Waals surface area contributed by atoms with Crippen LogP contribution in [0.15, 0.2) is 18.2 Å². The largest absolute Gasteiger partial charge is 0.573 e. The van der Waals surface area contributed by atoms with E-state index in [0.29, 0.717) is 24.9 Å². The Hall–Kier alpha value is -2.03. The third-order valence-corrected chi connectivity index (χ3v) is 4.17. The van der Waals surface area contributed by atoms with Gasteiger partial charge in [-0.05, 0) is 65.2 Å². The Morgan fingerprint density at radius 1 is 1.14 bits per heavy atom. The van der Waals surface area contributed by atoms with Crippen molar-refractivity contribution >= 4 is 6.09 Å². The summed E-state index contributed by atoms with van der Waals surface area (Å²) in [6.07, 6.45) is -4.19. The summed E-state index contributed by atoms with van der Waals surface area (Å²) in [5.41, 5.74) is -1.39. The number of halogens is 4. The molecule has 9 heteroatoms. The van der Waals surface area contributed by atoms with E-state index >= 15 is 0 Å². The molecule has 0 heterocycles. The third kappa shape index (κ3) is 6.54. The molecule has 1 aliphatic carbocycles. The van der Waals surface area contributed by atoms with Gasteiger partial charge in [0.2, 0.25) is 0 Å². The summed E-state index contributed by atoms with van der Waals surface area (Å²) in [6, 6.07) is 3.46. The van der Waals surface area contributed by atoms with Gasteiger partial charge < -0.3 is 20.1 Å². The van der Waals surface area contributed by atoms with Crippen molar-refractivity contribution in [3.8, 4) is 5.75 Å². The summed E-state index contributed by atoms with van der Waals surface area (Å²) in [7, 11) is 0. The number of hydrogen-bond donors (Lipinski definition) is 2. The van der Waals surface area contributed by atoms with Crippen LogP contribution >= 0.6 is 0 Å². The summed E-state index contributed by atoms with van der Waals surface area (Å²) >= 11 is 0. The topological polar surface area (TPSA) is 59.6 Å². The molecule has 1 saturated carbocycles. The van der Waals surface area contributed by atoms with Crippen LogP contribution in [0.1, 0.15) is 53.0 Å². The first-order valence-electron chi connectivity index (χ1n) is 8.93. The predicted octanol–water partition coefficient (Wildman–Crippen LogP) is 4.61. The SMILES string of the molecule is CC(C)(CNC1(c2ccc(F)c(OC(F)(F)F)c2)CC1)NC(=O)OC(C)(C)C. The van der Waals surface area contributed by atoms with Crippen LogP contribution in [0.5, 0.6) is 5.75 Å². The number of amides is 1. The van der Waals surface area contributed by atoms with Gasteiger partial charge in [-0.3, -0.25) is 0 Å². The second kappa shape index (κ2) is 7.42. The summed E-state index contributed by atoms with van der Waals surface area (Å²) in [6.45, 7) is 9.19. The fourth-order valence-corrected chi connectivity index (χ4v) is 2.71. The van der Waals surface area contributed by atoms with Crippen molar-refractivity contribution in [2.75, 3.05) is 6.54 Å². The Labute approximate surface area is 161 Å². The normalized spacial score (nSPS) is 16.5. The van der Waals surface area contributed by atoms with E-state index in [9.17, 15) is 22.4 Å². The maximum absolute atomic E-state index is 13.7. The molecule has 0 aromatic heterocycles. The van der Waals surface area contributed by atoms with Crippen LogP contribution < -0.4 is 15.4 Å². The zero-order valence-electron chi connectivity index (χ0n) is 16.6. The average molecular weight is 406 g/mol. The molecule has 0 unspecified atom stereocenters. The summed E-state index contributed by atoms with van der Waals surface area (Å²) < 4.78 is 60.0. The van der Waals surface area contributed by atoms with Crippen molar-refractivity contribution in [3.05, 3.63) is 29.6 Å². The van der Waals surface area contributed by atoms with E-state index in [1.54, 1.807) is 34.6 Å². The Balaban J connectivity index is 2.04. The maximum atomic E-state index is 13.7. The Morgan fingerprint density at radius 2 is 1.75 bits per heavy atom. The minimum Gasteiger partial charge on any atom is -0.444 e. The summed E-state index contributed by atoms with van der Waals surface area (Å²) in [5.74, 6) is -1.94. The highest BCUT2D eigenvalue weighted by atomic mass is 19.4. The quantitative estimate of drug-likeness (QED) is 0.678. The number of benzene rings is 1. The molecule has 5 nitrogen and oxygen atoms in total. The lowest BCUT2D eigenvalue weighted by atomic mass is 10.0. The van der Waals surface area contributed by atoms with Gasteiger partial charge in [-0.2, -0.15) is 0 Å². The van der Waals surface area contributed by atoms with Gasteiger partial charge in [0, 0.05) is 12.1 Å². The van der Waals surface area contributed by atoms with Crippen LogP contribution in [-0.4, -0.2) is 30.1 Å². The number of carbonyl (C=O) groups is 1. The molecule has 1 amide bonds. The van der Waals surface area contributed by atoms with Gasteiger partial charge in [-0.1, -0.05) is 6.07 Å². The van der Waals surface area contributed by atoms with Crippen LogP contribution in [-0.2, 0) is 10.3 Å². The highest BCUT2D eigenvalue weighted by molar-refractivity contribution is 5.68. The smallest absolute Gasteiger partial charge is 0.444 e. The molecule has 28 heavy (non-hydrogen) atoms. The van der Waals surface area contributed by atoms with E-state index in [0.717, 1.165) is 12.1 Å².